The van der Waals surface area contributed by atoms with Gasteiger partial charge in [-0.15, -0.1) is 0 Å². The van der Waals surface area contributed by atoms with Crippen LogP contribution >= 0.6 is 0 Å². The van der Waals surface area contributed by atoms with Crippen LogP contribution in [-0.2, 0) is 4.79 Å². The first-order chi connectivity index (χ1) is 15.6. The Balaban J connectivity index is 1.14. The predicted octanol–water partition coefficient (Wildman–Crippen LogP) is 2.57. The Bertz CT molecular complexity index is 769. The second kappa shape index (κ2) is 11.0. The van der Waals surface area contributed by atoms with Gasteiger partial charge in [0.1, 0.15) is 5.82 Å². The molecule has 0 radical (unpaired) electrons. The number of benzene rings is 1. The van der Waals surface area contributed by atoms with Crippen molar-refractivity contribution in [2.24, 2.45) is 0 Å². The molecule has 2 N–H and O–H groups in total. The van der Waals surface area contributed by atoms with Crippen molar-refractivity contribution in [1.29, 1.82) is 0 Å². The third-order valence-electron chi connectivity index (χ3n) is 7.05. The molecule has 0 bridgehead atoms. The van der Waals surface area contributed by atoms with E-state index >= 15 is 0 Å². The molecule has 7 nitrogen and oxygen atoms in total. The zero-order valence-electron chi connectivity index (χ0n) is 18.9. The first-order valence-corrected chi connectivity index (χ1v) is 12.1. The van der Waals surface area contributed by atoms with Gasteiger partial charge in [-0.25, -0.2) is 9.18 Å². The quantitative estimate of drug-likeness (QED) is 0.731. The summed E-state index contributed by atoms with van der Waals surface area (Å²) >= 11 is 0. The zero-order valence-corrected chi connectivity index (χ0v) is 18.9. The lowest BCUT2D eigenvalue weighted by molar-refractivity contribution is -0.133. The number of carbonyl (C=O) groups is 2. The van der Waals surface area contributed by atoms with Crippen molar-refractivity contribution < 1.29 is 14.0 Å². The highest BCUT2D eigenvalue weighted by molar-refractivity contribution is 5.78. The lowest BCUT2D eigenvalue weighted by Crippen LogP contribution is -2.53. The van der Waals surface area contributed by atoms with Crippen LogP contribution in [0.25, 0.3) is 0 Å². The van der Waals surface area contributed by atoms with Crippen molar-refractivity contribution in [3.63, 3.8) is 0 Å². The Morgan fingerprint density at radius 3 is 2.12 bits per heavy atom. The van der Waals surface area contributed by atoms with Gasteiger partial charge in [-0.3, -0.25) is 9.69 Å². The highest BCUT2D eigenvalue weighted by Gasteiger charge is 2.27. The summed E-state index contributed by atoms with van der Waals surface area (Å²) in [4.78, 5) is 31.1. The molecule has 32 heavy (non-hydrogen) atoms. The number of nitrogens with one attached hydrogen (secondary N) is 2. The van der Waals surface area contributed by atoms with Crippen LogP contribution in [0.4, 0.5) is 14.9 Å². The number of urea groups is 1. The molecular weight excluding hydrogens is 409 g/mol. The second-order valence-electron chi connectivity index (χ2n) is 9.32. The summed E-state index contributed by atoms with van der Waals surface area (Å²) in [6.45, 7) is 4.58. The number of hydrogen-bond donors (Lipinski definition) is 2. The molecule has 4 rings (SSSR count). The minimum Gasteiger partial charge on any atom is -0.366 e. The summed E-state index contributed by atoms with van der Waals surface area (Å²) in [5, 5.41) is 6.24. The normalized spacial score (nSPS) is 21.4. The third-order valence-corrected chi connectivity index (χ3v) is 7.05. The Labute approximate surface area is 190 Å². The number of halogens is 1. The summed E-state index contributed by atoms with van der Waals surface area (Å²) in [5.74, 6) is -0.0733. The van der Waals surface area contributed by atoms with Crippen molar-refractivity contribution in [2.75, 3.05) is 50.7 Å². The van der Waals surface area contributed by atoms with Crippen LogP contribution in [0.3, 0.4) is 0 Å². The van der Waals surface area contributed by atoms with Gasteiger partial charge in [0.05, 0.1) is 12.2 Å². The number of piperidine rings is 1. The molecule has 2 heterocycles. The lowest BCUT2D eigenvalue weighted by Gasteiger charge is -2.38. The molecule has 3 fully saturated rings. The molecule has 3 amide bonds. The van der Waals surface area contributed by atoms with E-state index in [9.17, 15) is 14.0 Å². The van der Waals surface area contributed by atoms with Crippen LogP contribution in [0.1, 0.15) is 44.9 Å². The summed E-state index contributed by atoms with van der Waals surface area (Å²) in [5.41, 5.74) is 0.613. The number of hydrogen-bond acceptors (Lipinski definition) is 4. The molecule has 0 unspecified atom stereocenters. The van der Waals surface area contributed by atoms with Crippen molar-refractivity contribution in [3.05, 3.63) is 30.1 Å². The number of para-hydroxylation sites is 1. The highest BCUT2D eigenvalue weighted by atomic mass is 19.1. The summed E-state index contributed by atoms with van der Waals surface area (Å²) in [6, 6.07) is 7.26. The molecule has 2 saturated heterocycles. The average Bonchev–Trinajstić information content (AvgIpc) is 2.81. The molecular formula is C24H36FN5O2. The van der Waals surface area contributed by atoms with Gasteiger partial charge in [0.25, 0.3) is 0 Å². The first-order valence-electron chi connectivity index (χ1n) is 12.1. The minimum absolute atomic E-state index is 0.0425. The van der Waals surface area contributed by atoms with Crippen molar-refractivity contribution in [1.82, 2.24) is 20.4 Å². The van der Waals surface area contributed by atoms with E-state index in [0.29, 0.717) is 44.5 Å². The molecule has 0 atom stereocenters. The first kappa shape index (κ1) is 22.8. The van der Waals surface area contributed by atoms with E-state index in [1.165, 1.54) is 25.3 Å². The fourth-order valence-corrected chi connectivity index (χ4v) is 5.09. The van der Waals surface area contributed by atoms with Gasteiger partial charge in [0, 0.05) is 51.4 Å². The molecule has 3 aliphatic rings. The van der Waals surface area contributed by atoms with E-state index in [0.717, 1.165) is 38.8 Å². The summed E-state index contributed by atoms with van der Waals surface area (Å²) in [6.07, 6.45) is 7.59. The lowest BCUT2D eigenvalue weighted by atomic mass is 9.96. The van der Waals surface area contributed by atoms with E-state index in [2.05, 4.69) is 15.5 Å². The second-order valence-corrected chi connectivity index (χ2v) is 9.32. The number of nitrogens with zero attached hydrogens (tertiary/aromatic N) is 3. The van der Waals surface area contributed by atoms with Crippen LogP contribution in [0.5, 0.6) is 0 Å². The molecule has 0 aromatic heterocycles. The smallest absolute Gasteiger partial charge is 0.315 e. The number of rotatable bonds is 5. The predicted molar refractivity (Wildman–Crippen MR) is 123 cm³/mol. The van der Waals surface area contributed by atoms with Gasteiger partial charge in [0.15, 0.2) is 0 Å². The Kier molecular flexibility index (Phi) is 7.84. The number of piperazine rings is 1. The van der Waals surface area contributed by atoms with Crippen LogP contribution in [0.2, 0.25) is 0 Å². The topological polar surface area (TPSA) is 67.9 Å². The minimum atomic E-state index is -0.212. The van der Waals surface area contributed by atoms with Gasteiger partial charge in [-0.2, -0.15) is 0 Å². The van der Waals surface area contributed by atoms with Crippen LogP contribution < -0.4 is 15.5 Å². The molecule has 2 aliphatic heterocycles. The van der Waals surface area contributed by atoms with Gasteiger partial charge >= 0.3 is 6.03 Å². The molecule has 1 aromatic rings. The standard InChI is InChI=1S/C24H36FN5O2/c25-21-8-4-5-9-22(21)29-14-16-30(17-15-29)23(31)18-28-12-10-20(11-13-28)27-24(32)26-19-6-2-1-3-7-19/h4-5,8-9,19-20H,1-3,6-7,10-18H2,(H2,26,27,32). The van der Waals surface area contributed by atoms with Crippen LogP contribution in [-0.4, -0.2) is 79.6 Å². The Morgan fingerprint density at radius 1 is 0.844 bits per heavy atom. The Hall–Kier alpha value is -2.35. The van der Waals surface area contributed by atoms with E-state index in [-0.39, 0.29) is 23.8 Å². The van der Waals surface area contributed by atoms with E-state index in [1.807, 2.05) is 15.9 Å². The molecule has 176 valence electrons. The fourth-order valence-electron chi connectivity index (χ4n) is 5.09. The Morgan fingerprint density at radius 2 is 1.47 bits per heavy atom. The van der Waals surface area contributed by atoms with Crippen molar-refractivity contribution in [3.8, 4) is 0 Å². The zero-order chi connectivity index (χ0) is 22.3. The molecule has 0 spiro atoms. The summed E-state index contributed by atoms with van der Waals surface area (Å²) < 4.78 is 14.0. The van der Waals surface area contributed by atoms with Gasteiger partial charge in [-0.05, 0) is 37.8 Å². The molecule has 1 aromatic carbocycles. The largest absolute Gasteiger partial charge is 0.366 e. The van der Waals surface area contributed by atoms with Crippen LogP contribution in [0, 0.1) is 5.82 Å². The van der Waals surface area contributed by atoms with Gasteiger partial charge < -0.3 is 20.4 Å². The molecule has 1 saturated carbocycles. The maximum absolute atomic E-state index is 14.0. The third kappa shape index (κ3) is 6.12. The number of carbonyl (C=O) groups excluding carboxylic acids is 2. The maximum atomic E-state index is 14.0. The van der Waals surface area contributed by atoms with Crippen LogP contribution in [0.15, 0.2) is 24.3 Å². The maximum Gasteiger partial charge on any atom is 0.315 e. The highest BCUT2D eigenvalue weighted by Crippen LogP contribution is 2.21. The summed E-state index contributed by atoms with van der Waals surface area (Å²) in [7, 11) is 0. The fraction of sp³-hybridized carbons (Fsp3) is 0.667. The number of likely N-dealkylation sites (tertiary alicyclic amines) is 1. The van der Waals surface area contributed by atoms with Gasteiger partial charge in [0.2, 0.25) is 5.91 Å². The van der Waals surface area contributed by atoms with Crippen molar-refractivity contribution >= 4 is 17.6 Å². The van der Waals surface area contributed by atoms with E-state index in [4.69, 9.17) is 0 Å². The van der Waals surface area contributed by atoms with E-state index < -0.39 is 0 Å². The number of anilines is 1. The SMILES string of the molecule is O=C(NC1CCCCC1)NC1CCN(CC(=O)N2CCN(c3ccccc3F)CC2)CC1. The number of amides is 3. The van der Waals surface area contributed by atoms with Gasteiger partial charge in [-0.1, -0.05) is 31.4 Å². The molecule has 1 aliphatic carbocycles. The average molecular weight is 446 g/mol. The van der Waals surface area contributed by atoms with E-state index in [1.54, 1.807) is 12.1 Å². The van der Waals surface area contributed by atoms with Crippen molar-refractivity contribution in [2.45, 2.75) is 57.0 Å². The molecule has 8 heteroatoms. The monoisotopic (exact) mass is 445 g/mol.